The van der Waals surface area contributed by atoms with Crippen molar-refractivity contribution in [1.82, 2.24) is 4.98 Å². The van der Waals surface area contributed by atoms with Gasteiger partial charge < -0.3 is 15.1 Å². The van der Waals surface area contributed by atoms with Crippen LogP contribution in [0.15, 0.2) is 16.5 Å². The first-order chi connectivity index (χ1) is 11.2. The molecule has 1 aliphatic heterocycles. The van der Waals surface area contributed by atoms with Gasteiger partial charge in [0.2, 0.25) is 0 Å². The van der Waals surface area contributed by atoms with Crippen molar-refractivity contribution in [3.8, 4) is 23.5 Å². The summed E-state index contributed by atoms with van der Waals surface area (Å²) in [6.45, 7) is 3.41. The molecule has 0 aliphatic carbocycles. The maximum absolute atomic E-state index is 9.70. The second-order valence-corrected chi connectivity index (χ2v) is 6.40. The Morgan fingerprint density at radius 2 is 1.91 bits per heavy atom. The highest BCUT2D eigenvalue weighted by atomic mass is 32.2. The number of nitriles is 2. The number of nitrogens with two attached hydrogens (primary N) is 1. The van der Waals surface area contributed by atoms with Gasteiger partial charge in [-0.3, -0.25) is 0 Å². The first-order valence-corrected chi connectivity index (χ1v) is 8.34. The smallest absolute Gasteiger partial charge is 0.149 e. The molecule has 0 amide bonds. The molecule has 0 atom stereocenters. The molecule has 2 aromatic heterocycles. The van der Waals surface area contributed by atoms with Gasteiger partial charge in [0, 0.05) is 24.6 Å². The van der Waals surface area contributed by atoms with Crippen LogP contribution in [0.2, 0.25) is 0 Å². The molecule has 2 N–H and O–H groups in total. The van der Waals surface area contributed by atoms with Crippen molar-refractivity contribution >= 4 is 23.4 Å². The average molecular weight is 325 g/mol. The van der Waals surface area contributed by atoms with Gasteiger partial charge in [0.25, 0.3) is 0 Å². The van der Waals surface area contributed by atoms with Gasteiger partial charge in [0.1, 0.15) is 46.4 Å². The molecule has 23 heavy (non-hydrogen) atoms. The van der Waals surface area contributed by atoms with Crippen LogP contribution in [0.4, 0.5) is 11.6 Å². The molecule has 1 saturated heterocycles. The zero-order valence-corrected chi connectivity index (χ0v) is 13.5. The molecule has 1 fully saturated rings. The number of rotatable bonds is 2. The summed E-state index contributed by atoms with van der Waals surface area (Å²) in [6.07, 6.45) is 0. The van der Waals surface area contributed by atoms with Crippen LogP contribution in [-0.2, 0) is 0 Å². The van der Waals surface area contributed by atoms with Gasteiger partial charge >= 0.3 is 0 Å². The first kappa shape index (κ1) is 15.3. The molecule has 0 unspecified atom stereocenters. The summed E-state index contributed by atoms with van der Waals surface area (Å²) in [5, 5.41) is 19.1. The summed E-state index contributed by atoms with van der Waals surface area (Å²) in [5.74, 6) is 3.79. The highest BCUT2D eigenvalue weighted by Crippen LogP contribution is 2.36. The lowest BCUT2D eigenvalue weighted by Crippen LogP contribution is -2.34. The van der Waals surface area contributed by atoms with Crippen LogP contribution < -0.4 is 10.6 Å². The standard InChI is InChI=1S/C16H15N5OS/c1-10-2-3-13(22-10)14-11(8-17)15(19)20-16(12(14)9-18)21-4-6-23-7-5-21/h2-3H,4-7H2,1H3,(H2,19,20). The van der Waals surface area contributed by atoms with Gasteiger partial charge in [-0.05, 0) is 19.1 Å². The van der Waals surface area contributed by atoms with Crippen molar-refractivity contribution in [2.24, 2.45) is 0 Å². The van der Waals surface area contributed by atoms with Crippen molar-refractivity contribution < 1.29 is 4.42 Å². The van der Waals surface area contributed by atoms with E-state index < -0.39 is 0 Å². The normalized spacial score (nSPS) is 14.3. The summed E-state index contributed by atoms with van der Waals surface area (Å²) >= 11 is 1.87. The summed E-state index contributed by atoms with van der Waals surface area (Å²) in [6, 6.07) is 7.80. The highest BCUT2D eigenvalue weighted by molar-refractivity contribution is 7.99. The molecule has 3 rings (SSSR count). The molecule has 0 radical (unpaired) electrons. The van der Waals surface area contributed by atoms with Gasteiger partial charge in [-0.15, -0.1) is 0 Å². The van der Waals surface area contributed by atoms with E-state index in [2.05, 4.69) is 17.1 Å². The Bertz CT molecular complexity index is 824. The summed E-state index contributed by atoms with van der Waals surface area (Å²) in [7, 11) is 0. The Kier molecular flexibility index (Phi) is 4.14. The Labute approximate surface area is 138 Å². The van der Waals surface area contributed by atoms with Crippen LogP contribution in [0.5, 0.6) is 0 Å². The van der Waals surface area contributed by atoms with E-state index in [1.807, 2.05) is 23.6 Å². The second kappa shape index (κ2) is 6.23. The predicted octanol–water partition coefficient (Wildman–Crippen LogP) is 2.53. The van der Waals surface area contributed by atoms with E-state index in [1.165, 1.54) is 0 Å². The maximum atomic E-state index is 9.70. The van der Waals surface area contributed by atoms with E-state index >= 15 is 0 Å². The minimum absolute atomic E-state index is 0.128. The lowest BCUT2D eigenvalue weighted by atomic mass is 10.0. The summed E-state index contributed by atoms with van der Waals surface area (Å²) in [4.78, 5) is 6.39. The molecular weight excluding hydrogens is 310 g/mol. The number of aryl methyl sites for hydroxylation is 1. The SMILES string of the molecule is Cc1ccc(-c2c(C#N)c(N)nc(N3CCSCC3)c2C#N)o1. The number of nitrogen functional groups attached to an aromatic ring is 1. The van der Waals surface area contributed by atoms with Crippen molar-refractivity contribution in [2.45, 2.75) is 6.92 Å². The Morgan fingerprint density at radius 3 is 2.48 bits per heavy atom. The number of nitrogens with zero attached hydrogens (tertiary/aromatic N) is 4. The quantitative estimate of drug-likeness (QED) is 0.904. The highest BCUT2D eigenvalue weighted by Gasteiger charge is 2.25. The summed E-state index contributed by atoms with van der Waals surface area (Å²) < 4.78 is 5.64. The Balaban J connectivity index is 2.25. The topological polar surface area (TPSA) is 103 Å². The van der Waals surface area contributed by atoms with Crippen LogP contribution in [-0.4, -0.2) is 29.6 Å². The molecule has 0 aromatic carbocycles. The van der Waals surface area contributed by atoms with Crippen molar-refractivity contribution in [2.75, 3.05) is 35.2 Å². The van der Waals surface area contributed by atoms with Gasteiger partial charge in [0.15, 0.2) is 0 Å². The molecule has 7 heteroatoms. The van der Waals surface area contributed by atoms with Crippen LogP contribution in [0.3, 0.4) is 0 Å². The minimum atomic E-state index is 0.128. The van der Waals surface area contributed by atoms with Crippen molar-refractivity contribution in [3.05, 3.63) is 29.0 Å². The predicted molar refractivity (Wildman–Crippen MR) is 90.1 cm³/mol. The van der Waals surface area contributed by atoms with E-state index in [4.69, 9.17) is 10.2 Å². The Morgan fingerprint density at radius 1 is 1.22 bits per heavy atom. The van der Waals surface area contributed by atoms with Gasteiger partial charge in [-0.25, -0.2) is 4.98 Å². The van der Waals surface area contributed by atoms with Crippen LogP contribution in [0, 0.1) is 29.6 Å². The third kappa shape index (κ3) is 2.71. The van der Waals surface area contributed by atoms with Crippen LogP contribution in [0.25, 0.3) is 11.3 Å². The van der Waals surface area contributed by atoms with E-state index in [0.29, 0.717) is 28.5 Å². The number of hydrogen-bond donors (Lipinski definition) is 1. The van der Waals surface area contributed by atoms with Gasteiger partial charge in [-0.1, -0.05) is 0 Å². The monoisotopic (exact) mass is 325 g/mol. The van der Waals surface area contributed by atoms with Gasteiger partial charge in [0.05, 0.1) is 5.56 Å². The van der Waals surface area contributed by atoms with Crippen molar-refractivity contribution in [3.63, 3.8) is 0 Å². The maximum Gasteiger partial charge on any atom is 0.149 e. The van der Waals surface area contributed by atoms with Crippen LogP contribution >= 0.6 is 11.8 Å². The van der Waals surface area contributed by atoms with E-state index in [9.17, 15) is 10.5 Å². The third-order valence-electron chi connectivity index (χ3n) is 3.73. The zero-order chi connectivity index (χ0) is 16.4. The number of anilines is 2. The molecule has 0 bridgehead atoms. The lowest BCUT2D eigenvalue weighted by Gasteiger charge is -2.29. The lowest BCUT2D eigenvalue weighted by molar-refractivity contribution is 0.548. The average Bonchev–Trinajstić information content (AvgIpc) is 3.00. The van der Waals surface area contributed by atoms with E-state index in [-0.39, 0.29) is 11.4 Å². The van der Waals surface area contributed by atoms with Crippen LogP contribution in [0.1, 0.15) is 16.9 Å². The zero-order valence-electron chi connectivity index (χ0n) is 12.7. The van der Waals surface area contributed by atoms with Gasteiger partial charge in [-0.2, -0.15) is 22.3 Å². The number of hydrogen-bond acceptors (Lipinski definition) is 7. The number of pyridine rings is 1. The number of furan rings is 1. The molecule has 3 heterocycles. The molecular formula is C16H15N5OS. The molecule has 0 saturated carbocycles. The fourth-order valence-corrected chi connectivity index (χ4v) is 3.53. The number of thioether (sulfide) groups is 1. The molecule has 1 aliphatic rings. The van der Waals surface area contributed by atoms with Crippen molar-refractivity contribution in [1.29, 1.82) is 10.5 Å². The first-order valence-electron chi connectivity index (χ1n) is 7.19. The molecule has 0 spiro atoms. The largest absolute Gasteiger partial charge is 0.461 e. The molecule has 116 valence electrons. The fourth-order valence-electron chi connectivity index (χ4n) is 2.63. The molecule has 6 nitrogen and oxygen atoms in total. The minimum Gasteiger partial charge on any atom is -0.461 e. The third-order valence-corrected chi connectivity index (χ3v) is 4.67. The summed E-state index contributed by atoms with van der Waals surface area (Å²) in [5.41, 5.74) is 6.96. The fraction of sp³-hybridized carbons (Fsp3) is 0.312. The number of aromatic nitrogens is 1. The molecule has 2 aromatic rings. The van der Waals surface area contributed by atoms with E-state index in [1.54, 1.807) is 12.1 Å². The van der Waals surface area contributed by atoms with E-state index in [0.717, 1.165) is 24.6 Å². The Hall–Kier alpha value is -2.64. The second-order valence-electron chi connectivity index (χ2n) is 5.18.